The Hall–Kier alpha value is -2.74. The van der Waals surface area contributed by atoms with Gasteiger partial charge in [0, 0.05) is 23.8 Å². The van der Waals surface area contributed by atoms with Gasteiger partial charge in [-0.15, -0.1) is 0 Å². The third-order valence-corrected chi connectivity index (χ3v) is 6.06. The van der Waals surface area contributed by atoms with Crippen molar-refractivity contribution in [3.05, 3.63) is 59.4 Å². The first kappa shape index (κ1) is 20.5. The summed E-state index contributed by atoms with van der Waals surface area (Å²) in [6.07, 6.45) is 9.32. The fourth-order valence-corrected chi connectivity index (χ4v) is 3.77. The van der Waals surface area contributed by atoms with Crippen molar-refractivity contribution in [2.24, 2.45) is 5.92 Å². The topological polar surface area (TPSA) is 98.2 Å². The molecule has 1 heterocycles. The smallest absolute Gasteiger partial charge is 0.258 e. The van der Waals surface area contributed by atoms with Gasteiger partial charge < -0.3 is 10.1 Å². The lowest BCUT2D eigenvalue weighted by molar-refractivity contribution is 0.0937. The van der Waals surface area contributed by atoms with Crippen LogP contribution in [0.3, 0.4) is 0 Å². The average Bonchev–Trinajstić information content (AvgIpc) is 3.49. The van der Waals surface area contributed by atoms with Gasteiger partial charge in [-0.25, -0.2) is 13.4 Å². The zero-order valence-electron chi connectivity index (χ0n) is 16.8. The van der Waals surface area contributed by atoms with E-state index in [0.29, 0.717) is 17.5 Å². The molecule has 4 rings (SSSR count). The minimum atomic E-state index is -3.27. The van der Waals surface area contributed by atoms with Crippen molar-refractivity contribution in [3.63, 3.8) is 0 Å². The van der Waals surface area contributed by atoms with Gasteiger partial charge in [0.05, 0.1) is 6.04 Å². The highest BCUT2D eigenvalue weighted by atomic mass is 32.2. The summed E-state index contributed by atoms with van der Waals surface area (Å²) in [5.74, 6) is 1.66. The predicted molar refractivity (Wildman–Crippen MR) is 113 cm³/mol. The van der Waals surface area contributed by atoms with Crippen LogP contribution in [0.2, 0.25) is 0 Å². The number of ether oxygens (including phenoxy) is 1. The number of para-hydroxylation sites is 1. The molecule has 2 aliphatic rings. The second kappa shape index (κ2) is 8.55. The maximum Gasteiger partial charge on any atom is 0.258 e. The third kappa shape index (κ3) is 5.24. The Morgan fingerprint density at radius 1 is 1.20 bits per heavy atom. The van der Waals surface area contributed by atoms with Crippen molar-refractivity contribution in [1.29, 1.82) is 0 Å². The highest BCUT2D eigenvalue weighted by Crippen LogP contribution is 2.36. The molecule has 2 saturated carbocycles. The van der Waals surface area contributed by atoms with Crippen LogP contribution in [0.5, 0.6) is 11.6 Å². The zero-order valence-corrected chi connectivity index (χ0v) is 17.6. The summed E-state index contributed by atoms with van der Waals surface area (Å²) in [6, 6.07) is 8.82. The van der Waals surface area contributed by atoms with Gasteiger partial charge in [0.1, 0.15) is 17.1 Å². The van der Waals surface area contributed by atoms with Crippen LogP contribution in [0, 0.1) is 5.92 Å². The van der Waals surface area contributed by atoms with Gasteiger partial charge in [-0.05, 0) is 43.7 Å². The van der Waals surface area contributed by atoms with Gasteiger partial charge in [-0.2, -0.15) is 4.98 Å². The van der Waals surface area contributed by atoms with Crippen molar-refractivity contribution in [2.45, 2.75) is 44.1 Å². The minimum absolute atomic E-state index is 0.220. The molecule has 2 aliphatic carbocycles. The molecule has 0 radical (unpaired) electrons. The second-order valence-electron chi connectivity index (χ2n) is 7.98. The maximum atomic E-state index is 13.0. The molecule has 1 amide bonds. The number of hydrogen-bond acceptors (Lipinski definition) is 6. The van der Waals surface area contributed by atoms with E-state index in [1.165, 1.54) is 6.20 Å². The third-order valence-electron chi connectivity index (χ3n) is 5.41. The number of rotatable bonds is 8. The average molecular weight is 428 g/mol. The Morgan fingerprint density at radius 2 is 1.93 bits per heavy atom. The Balaban J connectivity index is 1.59. The van der Waals surface area contributed by atoms with E-state index in [-0.39, 0.29) is 29.3 Å². The molecular formula is C22H25N3O4S. The van der Waals surface area contributed by atoms with Gasteiger partial charge in [-0.1, -0.05) is 30.7 Å². The van der Waals surface area contributed by atoms with E-state index in [9.17, 15) is 13.2 Å². The molecule has 7 nitrogen and oxygen atoms in total. The Morgan fingerprint density at radius 3 is 2.53 bits per heavy atom. The van der Waals surface area contributed by atoms with E-state index < -0.39 is 9.84 Å². The molecule has 1 unspecified atom stereocenters. The van der Waals surface area contributed by atoms with Crippen LogP contribution in [0.1, 0.15) is 54.2 Å². The number of benzene rings is 1. The number of carbonyl (C=O) groups is 1. The van der Waals surface area contributed by atoms with E-state index in [1.807, 2.05) is 18.2 Å². The van der Waals surface area contributed by atoms with E-state index in [2.05, 4.69) is 15.3 Å². The summed E-state index contributed by atoms with van der Waals surface area (Å²) in [6.45, 7) is 0. The lowest BCUT2D eigenvalue weighted by Crippen LogP contribution is -2.35. The van der Waals surface area contributed by atoms with Crippen LogP contribution in [0.4, 0.5) is 0 Å². The highest BCUT2D eigenvalue weighted by Gasteiger charge is 2.32. The molecule has 2 aromatic rings. The van der Waals surface area contributed by atoms with Crippen molar-refractivity contribution < 1.29 is 17.9 Å². The van der Waals surface area contributed by atoms with Crippen LogP contribution in [-0.4, -0.2) is 36.6 Å². The summed E-state index contributed by atoms with van der Waals surface area (Å²) >= 11 is 0. The van der Waals surface area contributed by atoms with Crippen molar-refractivity contribution in [2.75, 3.05) is 6.26 Å². The van der Waals surface area contributed by atoms with Crippen molar-refractivity contribution >= 4 is 15.7 Å². The molecule has 8 heteroatoms. The fraction of sp³-hybridized carbons (Fsp3) is 0.409. The van der Waals surface area contributed by atoms with Crippen LogP contribution in [0.15, 0.2) is 48.0 Å². The molecule has 2 fully saturated rings. The Kier molecular flexibility index (Phi) is 5.85. The first-order valence-electron chi connectivity index (χ1n) is 10.2. The molecule has 30 heavy (non-hydrogen) atoms. The van der Waals surface area contributed by atoms with Crippen LogP contribution in [-0.2, 0) is 9.84 Å². The number of hydrogen-bond donors (Lipinski definition) is 1. The first-order valence-corrected chi connectivity index (χ1v) is 12.1. The van der Waals surface area contributed by atoms with E-state index >= 15 is 0 Å². The molecule has 1 aromatic heterocycles. The predicted octanol–water partition coefficient (Wildman–Crippen LogP) is 3.60. The summed E-state index contributed by atoms with van der Waals surface area (Å²) in [7, 11) is -3.27. The molecule has 1 N–H and O–H groups in total. The maximum absolute atomic E-state index is 13.0. The Bertz CT molecular complexity index is 1050. The molecule has 0 spiro atoms. The number of carbonyl (C=O) groups excluding carboxylic acids is 1. The first-order chi connectivity index (χ1) is 14.4. The number of nitrogens with zero attached hydrogens (tertiary/aromatic N) is 2. The highest BCUT2D eigenvalue weighted by molar-refractivity contribution is 7.93. The number of amides is 1. The van der Waals surface area contributed by atoms with E-state index in [1.54, 1.807) is 18.2 Å². The SMILES string of the molecule is CS(=O)(=O)/C=C/C(NC(=O)c1cnc(C2CCC2)nc1Oc1ccccc1)C1CC1. The lowest BCUT2D eigenvalue weighted by Gasteiger charge is -2.24. The van der Waals surface area contributed by atoms with Gasteiger partial charge >= 0.3 is 0 Å². The Labute approximate surface area is 176 Å². The van der Waals surface area contributed by atoms with E-state index in [4.69, 9.17) is 4.74 Å². The molecule has 1 aromatic carbocycles. The van der Waals surface area contributed by atoms with Gasteiger partial charge in [-0.3, -0.25) is 4.79 Å². The monoisotopic (exact) mass is 427 g/mol. The standard InChI is InChI=1S/C22H25N3O4S/c1-30(27,28)13-12-19(15-10-11-15)24-21(26)18-14-23-20(16-6-5-7-16)25-22(18)29-17-8-3-2-4-9-17/h2-4,8-9,12-16,19H,5-7,10-11H2,1H3,(H,24,26)/b13-12+. The summed E-state index contributed by atoms with van der Waals surface area (Å²) in [5.41, 5.74) is 0.236. The number of sulfone groups is 1. The van der Waals surface area contributed by atoms with Gasteiger partial charge in [0.15, 0.2) is 9.84 Å². The number of aromatic nitrogens is 2. The fourth-order valence-electron chi connectivity index (χ4n) is 3.31. The van der Waals surface area contributed by atoms with Crippen LogP contribution < -0.4 is 10.1 Å². The molecule has 0 saturated heterocycles. The summed E-state index contributed by atoms with van der Waals surface area (Å²) < 4.78 is 28.9. The van der Waals surface area contributed by atoms with Gasteiger partial charge in [0.2, 0.25) is 5.88 Å². The normalized spacial score (nSPS) is 18.0. The molecule has 0 bridgehead atoms. The number of nitrogens with one attached hydrogen (secondary N) is 1. The molecule has 0 aliphatic heterocycles. The lowest BCUT2D eigenvalue weighted by atomic mass is 9.85. The quantitative estimate of drug-likeness (QED) is 0.691. The molecule has 158 valence electrons. The zero-order chi connectivity index (χ0) is 21.1. The van der Waals surface area contributed by atoms with Crippen LogP contribution in [0.25, 0.3) is 0 Å². The van der Waals surface area contributed by atoms with Crippen molar-refractivity contribution in [1.82, 2.24) is 15.3 Å². The van der Waals surface area contributed by atoms with E-state index in [0.717, 1.165) is 43.8 Å². The van der Waals surface area contributed by atoms with Gasteiger partial charge in [0.25, 0.3) is 5.91 Å². The molecule has 1 atom stereocenters. The minimum Gasteiger partial charge on any atom is -0.438 e. The summed E-state index contributed by atoms with van der Waals surface area (Å²) in [5, 5.41) is 4.07. The second-order valence-corrected chi connectivity index (χ2v) is 9.92. The molecular weight excluding hydrogens is 402 g/mol. The van der Waals surface area contributed by atoms with Crippen LogP contribution >= 0.6 is 0 Å². The summed E-state index contributed by atoms with van der Waals surface area (Å²) in [4.78, 5) is 22.0. The largest absolute Gasteiger partial charge is 0.438 e. The van der Waals surface area contributed by atoms with Crippen molar-refractivity contribution in [3.8, 4) is 11.6 Å².